The Morgan fingerprint density at radius 3 is 2.62 bits per heavy atom. The molecule has 0 bridgehead atoms. The van der Waals surface area contributed by atoms with Crippen molar-refractivity contribution < 1.29 is 9.53 Å². The zero-order valence-electron chi connectivity index (χ0n) is 17.0. The van der Waals surface area contributed by atoms with Crippen LogP contribution in [0.2, 0.25) is 0 Å². The minimum absolute atomic E-state index is 0.187. The number of benzene rings is 2. The summed E-state index contributed by atoms with van der Waals surface area (Å²) in [4.78, 5) is 14.7. The molecule has 0 saturated carbocycles. The molecule has 150 valence electrons. The summed E-state index contributed by atoms with van der Waals surface area (Å²) in [5.41, 5.74) is 4.57. The van der Waals surface area contributed by atoms with Crippen LogP contribution in [0.1, 0.15) is 35.4 Å². The fourth-order valence-corrected chi connectivity index (χ4v) is 3.92. The molecule has 1 amide bonds. The molecule has 0 spiro atoms. The highest BCUT2D eigenvalue weighted by molar-refractivity contribution is 5.79. The predicted molar refractivity (Wildman–Crippen MR) is 114 cm³/mol. The molecule has 0 radical (unpaired) electrons. The predicted octanol–water partition coefficient (Wildman–Crippen LogP) is 4.14. The Kier molecular flexibility index (Phi) is 5.65. The lowest BCUT2D eigenvalue weighted by Crippen LogP contribution is -2.38. The van der Waals surface area contributed by atoms with E-state index in [2.05, 4.69) is 42.5 Å². The van der Waals surface area contributed by atoms with Gasteiger partial charge in [-0.15, -0.1) is 0 Å². The lowest BCUT2D eigenvalue weighted by atomic mass is 9.91. The molecule has 0 aliphatic carbocycles. The molecule has 1 saturated heterocycles. The number of aryl methyl sites for hydroxylation is 1. The molecular weight excluding hydrogens is 362 g/mol. The van der Waals surface area contributed by atoms with Gasteiger partial charge in [0.25, 0.3) is 0 Å². The fourth-order valence-electron chi connectivity index (χ4n) is 3.92. The molecule has 1 fully saturated rings. The topological polar surface area (TPSA) is 47.4 Å². The Balaban J connectivity index is 1.34. The molecular formula is C24H27N3O2. The van der Waals surface area contributed by atoms with Crippen LogP contribution in [-0.4, -0.2) is 40.8 Å². The Morgan fingerprint density at radius 2 is 1.90 bits per heavy atom. The number of carbonyl (C=O) groups excluding carboxylic acids is 1. The summed E-state index contributed by atoms with van der Waals surface area (Å²) < 4.78 is 7.19. The van der Waals surface area contributed by atoms with Gasteiger partial charge in [-0.3, -0.25) is 4.79 Å². The minimum atomic E-state index is 0.187. The molecule has 0 unspecified atom stereocenters. The van der Waals surface area contributed by atoms with E-state index in [9.17, 15) is 4.79 Å². The van der Waals surface area contributed by atoms with Crippen LogP contribution in [0.25, 0.3) is 5.69 Å². The van der Waals surface area contributed by atoms with Crippen LogP contribution in [0.3, 0.4) is 0 Å². The summed E-state index contributed by atoms with van der Waals surface area (Å²) in [6.07, 6.45) is 6.47. The van der Waals surface area contributed by atoms with Gasteiger partial charge in [-0.25, -0.2) is 4.68 Å². The van der Waals surface area contributed by atoms with Crippen LogP contribution in [0, 0.1) is 6.92 Å². The van der Waals surface area contributed by atoms with E-state index in [0.29, 0.717) is 12.3 Å². The largest absolute Gasteiger partial charge is 0.497 e. The number of piperidine rings is 1. The molecule has 5 nitrogen and oxygen atoms in total. The Morgan fingerprint density at radius 1 is 1.14 bits per heavy atom. The van der Waals surface area contributed by atoms with Gasteiger partial charge in [0.15, 0.2) is 0 Å². The number of hydrogen-bond donors (Lipinski definition) is 0. The van der Waals surface area contributed by atoms with Gasteiger partial charge in [0.05, 0.1) is 25.4 Å². The van der Waals surface area contributed by atoms with Gasteiger partial charge in [0.2, 0.25) is 5.91 Å². The molecule has 2 heterocycles. The standard InChI is InChI=1S/C24H27N3O2/c1-18-6-8-22(9-7-18)27-17-21(16-25-27)20-10-12-26(13-11-20)24(28)15-19-4-3-5-23(14-19)29-2/h3-9,14,16-17,20H,10-13,15H2,1-2H3. The average molecular weight is 389 g/mol. The highest BCUT2D eigenvalue weighted by Crippen LogP contribution is 2.28. The molecule has 4 rings (SSSR count). The molecule has 3 aromatic rings. The van der Waals surface area contributed by atoms with Crippen molar-refractivity contribution >= 4 is 5.91 Å². The quantitative estimate of drug-likeness (QED) is 0.659. The van der Waals surface area contributed by atoms with Crippen LogP contribution in [0.15, 0.2) is 60.9 Å². The molecule has 0 N–H and O–H groups in total. The third kappa shape index (κ3) is 4.50. The second-order valence-corrected chi connectivity index (χ2v) is 7.74. The number of methoxy groups -OCH3 is 1. The van der Waals surface area contributed by atoms with Crippen molar-refractivity contribution in [3.05, 3.63) is 77.6 Å². The first-order valence-electron chi connectivity index (χ1n) is 10.1. The van der Waals surface area contributed by atoms with Crippen LogP contribution in [-0.2, 0) is 11.2 Å². The Bertz CT molecular complexity index is 970. The highest BCUT2D eigenvalue weighted by Gasteiger charge is 2.24. The van der Waals surface area contributed by atoms with Gasteiger partial charge in [0.1, 0.15) is 5.75 Å². The number of aromatic nitrogens is 2. The van der Waals surface area contributed by atoms with E-state index in [1.54, 1.807) is 7.11 Å². The van der Waals surface area contributed by atoms with E-state index in [1.807, 2.05) is 40.0 Å². The molecule has 5 heteroatoms. The zero-order chi connectivity index (χ0) is 20.2. The number of rotatable bonds is 5. The Labute approximate surface area is 171 Å². The third-order valence-corrected chi connectivity index (χ3v) is 5.71. The maximum atomic E-state index is 12.7. The fraction of sp³-hybridized carbons (Fsp3) is 0.333. The van der Waals surface area contributed by atoms with E-state index >= 15 is 0 Å². The maximum Gasteiger partial charge on any atom is 0.226 e. The minimum Gasteiger partial charge on any atom is -0.497 e. The van der Waals surface area contributed by atoms with Crippen LogP contribution in [0.4, 0.5) is 0 Å². The molecule has 0 atom stereocenters. The summed E-state index contributed by atoms with van der Waals surface area (Å²) in [6, 6.07) is 16.1. The summed E-state index contributed by atoms with van der Waals surface area (Å²) in [5.74, 6) is 1.43. The van der Waals surface area contributed by atoms with E-state index in [0.717, 1.165) is 42.9 Å². The van der Waals surface area contributed by atoms with Crippen molar-refractivity contribution in [3.8, 4) is 11.4 Å². The van der Waals surface area contributed by atoms with Gasteiger partial charge in [-0.1, -0.05) is 29.8 Å². The maximum absolute atomic E-state index is 12.7. The summed E-state index contributed by atoms with van der Waals surface area (Å²) in [7, 11) is 1.65. The SMILES string of the molecule is COc1cccc(CC(=O)N2CCC(c3cnn(-c4ccc(C)cc4)c3)CC2)c1. The normalized spacial score (nSPS) is 14.8. The number of nitrogens with zero attached hydrogens (tertiary/aromatic N) is 3. The lowest BCUT2D eigenvalue weighted by Gasteiger charge is -2.31. The van der Waals surface area contributed by atoms with Crippen LogP contribution < -0.4 is 4.74 Å². The summed E-state index contributed by atoms with van der Waals surface area (Å²) in [6.45, 7) is 3.67. The van der Waals surface area contributed by atoms with Crippen molar-refractivity contribution in [3.63, 3.8) is 0 Å². The lowest BCUT2D eigenvalue weighted by molar-refractivity contribution is -0.131. The van der Waals surface area contributed by atoms with Crippen LogP contribution >= 0.6 is 0 Å². The highest BCUT2D eigenvalue weighted by atomic mass is 16.5. The van der Waals surface area contributed by atoms with Crippen molar-refractivity contribution in [1.29, 1.82) is 0 Å². The van der Waals surface area contributed by atoms with Crippen molar-refractivity contribution in [1.82, 2.24) is 14.7 Å². The van der Waals surface area contributed by atoms with Crippen molar-refractivity contribution in [2.45, 2.75) is 32.1 Å². The van der Waals surface area contributed by atoms with Gasteiger partial charge in [-0.05, 0) is 61.1 Å². The van der Waals surface area contributed by atoms with Gasteiger partial charge < -0.3 is 9.64 Å². The molecule has 29 heavy (non-hydrogen) atoms. The summed E-state index contributed by atoms with van der Waals surface area (Å²) in [5, 5.41) is 4.54. The second kappa shape index (κ2) is 8.52. The zero-order valence-corrected chi connectivity index (χ0v) is 17.0. The Hall–Kier alpha value is -3.08. The summed E-state index contributed by atoms with van der Waals surface area (Å²) >= 11 is 0. The first kappa shape index (κ1) is 19.2. The van der Waals surface area contributed by atoms with Crippen molar-refractivity contribution in [2.75, 3.05) is 20.2 Å². The van der Waals surface area contributed by atoms with Gasteiger partial charge in [0, 0.05) is 19.3 Å². The molecule has 1 aliphatic rings. The third-order valence-electron chi connectivity index (χ3n) is 5.71. The number of ether oxygens (including phenoxy) is 1. The number of carbonyl (C=O) groups is 1. The first-order valence-corrected chi connectivity index (χ1v) is 10.1. The smallest absolute Gasteiger partial charge is 0.226 e. The van der Waals surface area contributed by atoms with E-state index < -0.39 is 0 Å². The van der Waals surface area contributed by atoms with Gasteiger partial charge >= 0.3 is 0 Å². The second-order valence-electron chi connectivity index (χ2n) is 7.74. The average Bonchev–Trinajstić information content (AvgIpc) is 3.25. The molecule has 2 aromatic carbocycles. The van der Waals surface area contributed by atoms with Gasteiger partial charge in [-0.2, -0.15) is 5.10 Å². The van der Waals surface area contributed by atoms with E-state index in [-0.39, 0.29) is 5.91 Å². The number of hydrogen-bond acceptors (Lipinski definition) is 3. The molecule has 1 aliphatic heterocycles. The first-order chi connectivity index (χ1) is 14.1. The van der Waals surface area contributed by atoms with Crippen molar-refractivity contribution in [2.24, 2.45) is 0 Å². The number of amides is 1. The van der Waals surface area contributed by atoms with Crippen LogP contribution in [0.5, 0.6) is 5.75 Å². The number of likely N-dealkylation sites (tertiary alicyclic amines) is 1. The monoisotopic (exact) mass is 389 g/mol. The van der Waals surface area contributed by atoms with E-state index in [4.69, 9.17) is 4.74 Å². The van der Waals surface area contributed by atoms with E-state index in [1.165, 1.54) is 11.1 Å². The molecule has 1 aromatic heterocycles.